The van der Waals surface area contributed by atoms with Crippen molar-refractivity contribution in [3.63, 3.8) is 0 Å². The summed E-state index contributed by atoms with van der Waals surface area (Å²) in [5.74, 6) is 4.02. The number of hydrogen-bond donors (Lipinski definition) is 1. The largest absolute Gasteiger partial charge is 0.320 e. The van der Waals surface area contributed by atoms with Crippen LogP contribution in [0.3, 0.4) is 0 Å². The summed E-state index contributed by atoms with van der Waals surface area (Å²) >= 11 is 1.42. The van der Waals surface area contributed by atoms with Crippen LogP contribution in [-0.2, 0) is 4.79 Å². The maximum Gasteiger partial charge on any atom is 0.252 e. The van der Waals surface area contributed by atoms with E-state index in [-0.39, 0.29) is 11.9 Å². The Labute approximate surface area is 102 Å². The number of thiophene rings is 1. The molecule has 1 aromatic rings. The molecule has 1 aromatic heterocycles. The number of guanidine groups is 1. The Kier molecular flexibility index (Phi) is 2.89. The molecule has 2 rings (SSSR count). The van der Waals surface area contributed by atoms with Gasteiger partial charge in [0.25, 0.3) is 5.91 Å². The van der Waals surface area contributed by atoms with Gasteiger partial charge in [0.1, 0.15) is 0 Å². The zero-order valence-corrected chi connectivity index (χ0v) is 9.81. The van der Waals surface area contributed by atoms with Gasteiger partial charge in [0.2, 0.25) is 5.96 Å². The van der Waals surface area contributed by atoms with Crippen LogP contribution < -0.4 is 5.84 Å². The van der Waals surface area contributed by atoms with Crippen molar-refractivity contribution in [3.05, 3.63) is 22.4 Å². The lowest BCUT2D eigenvalue weighted by Gasteiger charge is -2.24. The van der Waals surface area contributed by atoms with Gasteiger partial charge in [0.15, 0.2) is 5.92 Å². The van der Waals surface area contributed by atoms with Gasteiger partial charge in [-0.1, -0.05) is 6.07 Å². The van der Waals surface area contributed by atoms with E-state index in [1.165, 1.54) is 23.3 Å². The molecule has 2 N–H and O–H groups in total. The van der Waals surface area contributed by atoms with Crippen LogP contribution in [0.25, 0.3) is 0 Å². The summed E-state index contributed by atoms with van der Waals surface area (Å²) in [5.41, 5.74) is 0.412. The summed E-state index contributed by atoms with van der Waals surface area (Å²) in [6, 6.07) is 5.59. The van der Waals surface area contributed by atoms with Gasteiger partial charge in [-0.2, -0.15) is 5.26 Å². The Morgan fingerprint density at radius 2 is 2.47 bits per heavy atom. The van der Waals surface area contributed by atoms with Gasteiger partial charge in [-0.25, -0.2) is 4.99 Å². The van der Waals surface area contributed by atoms with Crippen LogP contribution in [-0.4, -0.2) is 29.5 Å². The van der Waals surface area contributed by atoms with Gasteiger partial charge in [0.05, 0.1) is 16.7 Å². The summed E-state index contributed by atoms with van der Waals surface area (Å²) in [6.45, 7) is 0. The number of carbonyl (C=O) groups excluding carboxylic acids is 1. The number of nitrogens with two attached hydrogens (primary N) is 1. The average molecular weight is 247 g/mol. The molecule has 0 fully saturated rings. The molecule has 7 heteroatoms. The van der Waals surface area contributed by atoms with Crippen molar-refractivity contribution in [3.8, 4) is 6.07 Å². The van der Waals surface area contributed by atoms with Crippen molar-refractivity contribution in [1.82, 2.24) is 4.90 Å². The fraction of sp³-hybridized carbons (Fsp3) is 0.200. The second kappa shape index (κ2) is 4.35. The van der Waals surface area contributed by atoms with Gasteiger partial charge in [-0.05, 0) is 11.4 Å². The summed E-state index contributed by atoms with van der Waals surface area (Å²) in [7, 11) is 1.49. The smallest absolute Gasteiger partial charge is 0.252 e. The van der Waals surface area contributed by atoms with Crippen molar-refractivity contribution in [2.75, 3.05) is 7.05 Å². The molecule has 1 aliphatic rings. The molecule has 0 radical (unpaired) electrons. The van der Waals surface area contributed by atoms with Crippen molar-refractivity contribution < 1.29 is 4.79 Å². The summed E-state index contributed by atoms with van der Waals surface area (Å²) < 4.78 is 0. The summed E-state index contributed by atoms with van der Waals surface area (Å²) in [5, 5.41) is 14.4. The van der Waals surface area contributed by atoms with E-state index < -0.39 is 5.92 Å². The fourth-order valence-electron chi connectivity index (χ4n) is 1.51. The Balaban J connectivity index is 2.55. The number of rotatable bonds is 1. The standard InChI is InChI=1S/C10H9N5OS/c1-15-9(16)6(5-11)8(13-10(15)14-12)7-3-2-4-17-7/h2-4,6H,12H2,1H3/b14-10+. The molecule has 17 heavy (non-hydrogen) atoms. The van der Waals surface area contributed by atoms with E-state index in [4.69, 9.17) is 11.1 Å². The lowest BCUT2D eigenvalue weighted by Crippen LogP contribution is -2.45. The van der Waals surface area contributed by atoms with Gasteiger partial charge in [-0.3, -0.25) is 9.69 Å². The minimum Gasteiger partial charge on any atom is -0.320 e. The average Bonchev–Trinajstić information content (AvgIpc) is 2.86. The number of amides is 1. The molecule has 6 nitrogen and oxygen atoms in total. The van der Waals surface area contributed by atoms with Crippen molar-refractivity contribution in [2.45, 2.75) is 0 Å². The third-order valence-corrected chi connectivity index (χ3v) is 3.28. The second-order valence-electron chi connectivity index (χ2n) is 3.36. The van der Waals surface area contributed by atoms with Crippen LogP contribution in [0.15, 0.2) is 27.6 Å². The second-order valence-corrected chi connectivity index (χ2v) is 4.31. The first-order chi connectivity index (χ1) is 8.19. The zero-order chi connectivity index (χ0) is 12.4. The molecular formula is C10H9N5OS. The number of hydrogen-bond acceptors (Lipinski definition) is 5. The van der Waals surface area contributed by atoms with E-state index in [1.807, 2.05) is 17.5 Å². The molecule has 0 aliphatic carbocycles. The molecule has 0 aromatic carbocycles. The third-order valence-electron chi connectivity index (χ3n) is 2.39. The highest BCUT2D eigenvalue weighted by Crippen LogP contribution is 2.21. The first kappa shape index (κ1) is 11.3. The highest BCUT2D eigenvalue weighted by atomic mass is 32.1. The van der Waals surface area contributed by atoms with E-state index in [9.17, 15) is 4.79 Å². The summed E-state index contributed by atoms with van der Waals surface area (Å²) in [6.07, 6.45) is 0. The Morgan fingerprint density at radius 1 is 1.71 bits per heavy atom. The van der Waals surface area contributed by atoms with Crippen LogP contribution in [0, 0.1) is 17.2 Å². The van der Waals surface area contributed by atoms with Gasteiger partial charge >= 0.3 is 0 Å². The normalized spacial score (nSPS) is 22.5. The van der Waals surface area contributed by atoms with E-state index in [0.29, 0.717) is 5.71 Å². The maximum atomic E-state index is 11.9. The highest BCUT2D eigenvalue weighted by Gasteiger charge is 2.35. The Bertz CT molecular complexity index is 540. The first-order valence-corrected chi connectivity index (χ1v) is 5.64. The minimum atomic E-state index is -0.899. The topological polar surface area (TPSA) is 94.8 Å². The van der Waals surface area contributed by atoms with Crippen LogP contribution in [0.4, 0.5) is 0 Å². The molecule has 86 valence electrons. The van der Waals surface area contributed by atoms with E-state index >= 15 is 0 Å². The van der Waals surface area contributed by atoms with Crippen molar-refractivity contribution >= 4 is 28.9 Å². The third kappa shape index (κ3) is 1.79. The molecule has 0 saturated carbocycles. The van der Waals surface area contributed by atoms with E-state index in [0.717, 1.165) is 4.88 Å². The maximum absolute atomic E-state index is 11.9. The SMILES string of the molecule is CN1C(=O)C(C#N)C(c2cccs2)=N/C1=N\N. The number of carbonyl (C=O) groups is 1. The molecule has 0 spiro atoms. The Hall–Kier alpha value is -2.20. The van der Waals surface area contributed by atoms with Gasteiger partial charge < -0.3 is 5.84 Å². The zero-order valence-electron chi connectivity index (χ0n) is 8.99. The van der Waals surface area contributed by atoms with Gasteiger partial charge in [0, 0.05) is 7.05 Å². The molecule has 2 heterocycles. The van der Waals surface area contributed by atoms with Crippen LogP contribution in [0.5, 0.6) is 0 Å². The van der Waals surface area contributed by atoms with Crippen LogP contribution in [0.1, 0.15) is 4.88 Å². The molecule has 1 atom stereocenters. The van der Waals surface area contributed by atoms with E-state index in [2.05, 4.69) is 10.1 Å². The number of aliphatic imine (C=N–C) groups is 1. The Morgan fingerprint density at radius 3 is 3.00 bits per heavy atom. The molecule has 0 saturated heterocycles. The predicted molar refractivity (Wildman–Crippen MR) is 64.4 cm³/mol. The molecule has 1 aliphatic heterocycles. The quantitative estimate of drug-likeness (QED) is 0.574. The van der Waals surface area contributed by atoms with Crippen LogP contribution >= 0.6 is 11.3 Å². The lowest BCUT2D eigenvalue weighted by atomic mass is 10.0. The monoisotopic (exact) mass is 247 g/mol. The molecule has 1 amide bonds. The van der Waals surface area contributed by atoms with Crippen LogP contribution in [0.2, 0.25) is 0 Å². The predicted octanol–water partition coefficient (Wildman–Crippen LogP) is 0.379. The number of nitriles is 1. The first-order valence-electron chi connectivity index (χ1n) is 4.76. The number of hydrazone groups is 1. The lowest BCUT2D eigenvalue weighted by molar-refractivity contribution is -0.127. The van der Waals surface area contributed by atoms with Crippen molar-refractivity contribution in [2.24, 2.45) is 21.9 Å². The summed E-state index contributed by atoms with van der Waals surface area (Å²) in [4.78, 5) is 18.0. The van der Waals surface area contributed by atoms with E-state index in [1.54, 1.807) is 6.07 Å². The number of nitrogens with zero attached hydrogens (tertiary/aromatic N) is 4. The molecular weight excluding hydrogens is 238 g/mol. The van der Waals surface area contributed by atoms with Gasteiger partial charge in [-0.15, -0.1) is 16.4 Å². The minimum absolute atomic E-state index is 0.116. The molecule has 1 unspecified atom stereocenters. The van der Waals surface area contributed by atoms with Crippen molar-refractivity contribution in [1.29, 1.82) is 5.26 Å². The highest BCUT2D eigenvalue weighted by molar-refractivity contribution is 7.12. The fourth-order valence-corrected chi connectivity index (χ4v) is 2.26. The molecule has 0 bridgehead atoms.